The molecule has 0 saturated heterocycles. The summed E-state index contributed by atoms with van der Waals surface area (Å²) in [6.45, 7) is 3.73. The van der Waals surface area contributed by atoms with Gasteiger partial charge in [-0.25, -0.2) is 0 Å². The van der Waals surface area contributed by atoms with Gasteiger partial charge in [0.25, 0.3) is 11.8 Å². The van der Waals surface area contributed by atoms with E-state index in [1.807, 2.05) is 26.0 Å². The van der Waals surface area contributed by atoms with Crippen molar-refractivity contribution in [3.05, 3.63) is 111 Å². The Hall–Kier alpha value is -4.14. The lowest BCUT2D eigenvalue weighted by Gasteiger charge is -2.24. The maximum atomic E-state index is 13.6. The van der Waals surface area contributed by atoms with Crippen molar-refractivity contribution in [3.8, 4) is 6.07 Å². The molecule has 4 N–H and O–H groups in total. The molecule has 0 bridgehead atoms. The minimum atomic E-state index is -1.88. The summed E-state index contributed by atoms with van der Waals surface area (Å²) in [6.07, 6.45) is 1.68. The summed E-state index contributed by atoms with van der Waals surface area (Å²) in [5, 5.41) is 35.3. The average molecular weight is 635 g/mol. The molecule has 0 heterocycles. The van der Waals surface area contributed by atoms with Gasteiger partial charge < -0.3 is 25.6 Å². The van der Waals surface area contributed by atoms with Crippen LogP contribution in [0.15, 0.2) is 84.4 Å². The van der Waals surface area contributed by atoms with Crippen LogP contribution in [0.5, 0.6) is 0 Å². The molecule has 3 aromatic rings. The van der Waals surface area contributed by atoms with Gasteiger partial charge in [0.15, 0.2) is 0 Å². The van der Waals surface area contributed by atoms with Crippen LogP contribution in [0.25, 0.3) is 0 Å². The molecule has 0 fully saturated rings. The van der Waals surface area contributed by atoms with E-state index in [0.29, 0.717) is 11.3 Å². The molecule has 0 saturated carbocycles. The van der Waals surface area contributed by atoms with Gasteiger partial charge in [-0.2, -0.15) is 5.26 Å². The van der Waals surface area contributed by atoms with Gasteiger partial charge >= 0.3 is 7.12 Å². The molecule has 44 heavy (non-hydrogen) atoms. The number of amides is 3. The number of carbonyl (C=O) groups is 3. The summed E-state index contributed by atoms with van der Waals surface area (Å²) < 4.78 is 0. The number of halogens is 2. The Balaban J connectivity index is 1.91. The van der Waals surface area contributed by atoms with Crippen molar-refractivity contribution in [3.63, 3.8) is 0 Å². The van der Waals surface area contributed by atoms with E-state index in [2.05, 4.69) is 10.6 Å². The van der Waals surface area contributed by atoms with Crippen LogP contribution in [0.2, 0.25) is 10.0 Å². The van der Waals surface area contributed by atoms with E-state index in [-0.39, 0.29) is 39.9 Å². The highest BCUT2D eigenvalue weighted by Crippen LogP contribution is 2.22. The Morgan fingerprint density at radius 3 is 2.27 bits per heavy atom. The number of anilines is 1. The summed E-state index contributed by atoms with van der Waals surface area (Å²) in [6, 6.07) is 20.9. The van der Waals surface area contributed by atoms with E-state index in [0.717, 1.165) is 5.56 Å². The maximum Gasteiger partial charge on any atom is 0.475 e. The van der Waals surface area contributed by atoms with Crippen LogP contribution in [-0.2, 0) is 22.4 Å². The number of hydrogen-bond donors (Lipinski definition) is 4. The largest absolute Gasteiger partial charge is 0.475 e. The Kier molecular flexibility index (Phi) is 12.6. The molecule has 3 aromatic carbocycles. The number of nitrogens with zero attached hydrogens (tertiary/aromatic N) is 2. The highest BCUT2D eigenvalue weighted by Gasteiger charge is 2.30. The van der Waals surface area contributed by atoms with E-state index in [9.17, 15) is 29.7 Å². The van der Waals surface area contributed by atoms with Crippen LogP contribution in [0, 0.1) is 17.2 Å². The molecular formula is C32H33BCl2N4O5. The van der Waals surface area contributed by atoms with Gasteiger partial charge in [0, 0.05) is 24.2 Å². The van der Waals surface area contributed by atoms with Gasteiger partial charge in [-0.3, -0.25) is 14.4 Å². The van der Waals surface area contributed by atoms with Gasteiger partial charge in [-0.15, -0.1) is 0 Å². The Morgan fingerprint density at radius 1 is 0.955 bits per heavy atom. The van der Waals surface area contributed by atoms with E-state index in [1.165, 1.54) is 30.1 Å². The molecule has 3 rings (SSSR count). The second-order valence-corrected chi connectivity index (χ2v) is 11.4. The predicted octanol–water partition coefficient (Wildman–Crippen LogP) is 4.14. The normalized spacial score (nSPS) is 12.6. The molecule has 9 nitrogen and oxygen atoms in total. The predicted molar refractivity (Wildman–Crippen MR) is 172 cm³/mol. The van der Waals surface area contributed by atoms with E-state index in [1.54, 1.807) is 54.6 Å². The first kappa shape index (κ1) is 34.4. The summed E-state index contributed by atoms with van der Waals surface area (Å²) in [5.41, 5.74) is 1.87. The average Bonchev–Trinajstić information content (AvgIpc) is 3.00. The van der Waals surface area contributed by atoms with E-state index in [4.69, 9.17) is 23.2 Å². The van der Waals surface area contributed by atoms with Crippen LogP contribution in [-0.4, -0.2) is 53.9 Å². The molecule has 3 amide bonds. The number of benzene rings is 3. The fraction of sp³-hybridized carbons (Fsp3) is 0.250. The number of nitrogens with one attached hydrogen (secondary N) is 2. The number of nitriles is 1. The second kappa shape index (κ2) is 16.1. The first-order chi connectivity index (χ1) is 20.9. The van der Waals surface area contributed by atoms with Crippen LogP contribution < -0.4 is 15.5 Å². The number of hydrogen-bond acceptors (Lipinski definition) is 6. The zero-order valence-electron chi connectivity index (χ0n) is 24.5. The molecule has 0 aliphatic heterocycles. The van der Waals surface area contributed by atoms with Crippen molar-refractivity contribution in [2.24, 2.45) is 5.92 Å². The van der Waals surface area contributed by atoms with Crippen molar-refractivity contribution in [2.45, 2.75) is 38.7 Å². The van der Waals surface area contributed by atoms with Gasteiger partial charge in [0.1, 0.15) is 17.7 Å². The molecule has 228 valence electrons. The van der Waals surface area contributed by atoms with Crippen molar-refractivity contribution in [1.82, 2.24) is 10.6 Å². The lowest BCUT2D eigenvalue weighted by Crippen LogP contribution is -2.55. The lowest BCUT2D eigenvalue weighted by molar-refractivity contribution is -0.123. The van der Waals surface area contributed by atoms with Crippen molar-refractivity contribution in [2.75, 3.05) is 11.9 Å². The molecular weight excluding hydrogens is 602 g/mol. The standard InChI is InChI=1S/C32H33BCl2N4O5/c1-20(2)14-23(19-36)32(42)39(3)25-11-7-10-22(15-25)16-28(37-30(40)26-18-24(34)12-13-27(26)35)31(41)38-29(33(43)44)17-21-8-5-4-6-9-21/h4-15,18,20,28-29,43-44H,16-17H2,1-3H3,(H,37,40)(H,38,41)/b23-14+/t28-,29-/m0/s1. The third-order valence-corrected chi connectivity index (χ3v) is 7.24. The highest BCUT2D eigenvalue weighted by atomic mass is 35.5. The summed E-state index contributed by atoms with van der Waals surface area (Å²) in [4.78, 5) is 41.2. The zero-order chi connectivity index (χ0) is 32.4. The molecule has 0 radical (unpaired) electrons. The van der Waals surface area contributed by atoms with E-state index < -0.39 is 36.8 Å². The third kappa shape index (κ3) is 9.69. The first-order valence-electron chi connectivity index (χ1n) is 13.8. The van der Waals surface area contributed by atoms with E-state index >= 15 is 0 Å². The smallest absolute Gasteiger partial charge is 0.426 e. The number of rotatable bonds is 12. The Morgan fingerprint density at radius 2 is 1.64 bits per heavy atom. The van der Waals surface area contributed by atoms with Crippen LogP contribution in [0.1, 0.15) is 35.3 Å². The number of allylic oxidation sites excluding steroid dienone is 1. The van der Waals surface area contributed by atoms with Gasteiger partial charge in [0.2, 0.25) is 5.91 Å². The molecule has 0 spiro atoms. The maximum absolute atomic E-state index is 13.6. The summed E-state index contributed by atoms with van der Waals surface area (Å²) >= 11 is 12.3. The number of likely N-dealkylation sites (N-methyl/N-ethyl adjacent to an activating group) is 1. The Labute approximate surface area is 267 Å². The van der Waals surface area contributed by atoms with Gasteiger partial charge in [-0.1, -0.05) is 85.6 Å². The van der Waals surface area contributed by atoms with Crippen molar-refractivity contribution >= 4 is 53.7 Å². The minimum Gasteiger partial charge on any atom is -0.426 e. The van der Waals surface area contributed by atoms with Crippen LogP contribution in [0.3, 0.4) is 0 Å². The molecule has 0 unspecified atom stereocenters. The number of carbonyl (C=O) groups excluding carboxylic acids is 3. The first-order valence-corrected chi connectivity index (χ1v) is 14.6. The Bertz CT molecular complexity index is 1560. The van der Waals surface area contributed by atoms with Crippen LogP contribution in [0.4, 0.5) is 5.69 Å². The topological polar surface area (TPSA) is 143 Å². The fourth-order valence-corrected chi connectivity index (χ4v) is 4.79. The monoisotopic (exact) mass is 634 g/mol. The molecule has 12 heteroatoms. The van der Waals surface area contributed by atoms with Gasteiger partial charge in [-0.05, 0) is 53.8 Å². The zero-order valence-corrected chi connectivity index (χ0v) is 26.0. The molecule has 0 aromatic heterocycles. The summed E-state index contributed by atoms with van der Waals surface area (Å²) in [5.74, 6) is -2.91. The SMILES string of the molecule is CC(C)/C=C(\C#N)C(=O)N(C)c1cccc(C[C@H](NC(=O)c2cc(Cl)ccc2Cl)C(=O)N[C@@H](Cc2ccccc2)B(O)O)c1. The summed E-state index contributed by atoms with van der Waals surface area (Å²) in [7, 11) is -0.342. The second-order valence-electron chi connectivity index (χ2n) is 10.5. The van der Waals surface area contributed by atoms with Gasteiger partial charge in [0.05, 0.1) is 16.5 Å². The molecule has 0 aliphatic rings. The molecule has 0 aliphatic carbocycles. The minimum absolute atomic E-state index is 0.00263. The molecule has 2 atom stereocenters. The van der Waals surface area contributed by atoms with Crippen molar-refractivity contribution < 1.29 is 24.4 Å². The quantitative estimate of drug-likeness (QED) is 0.134. The third-order valence-electron chi connectivity index (χ3n) is 6.67. The van der Waals surface area contributed by atoms with Crippen molar-refractivity contribution in [1.29, 1.82) is 5.26 Å². The van der Waals surface area contributed by atoms with Crippen LogP contribution >= 0.6 is 23.2 Å². The fourth-order valence-electron chi connectivity index (χ4n) is 4.41. The lowest BCUT2D eigenvalue weighted by atomic mass is 9.75. The highest BCUT2D eigenvalue weighted by molar-refractivity contribution is 6.43.